The number of pyridine rings is 1. The molecule has 136 valence electrons. The van der Waals surface area contributed by atoms with E-state index in [1.54, 1.807) is 18.3 Å². The van der Waals surface area contributed by atoms with Gasteiger partial charge in [0, 0.05) is 61.9 Å². The third-order valence-electron chi connectivity index (χ3n) is 5.90. The molecule has 0 saturated carbocycles. The van der Waals surface area contributed by atoms with Gasteiger partial charge in [-0.2, -0.15) is 0 Å². The molecular formula is C18H24N2O5. The molecule has 25 heavy (non-hydrogen) atoms. The van der Waals surface area contributed by atoms with Crippen LogP contribution in [0.2, 0.25) is 0 Å². The Morgan fingerprint density at radius 2 is 2.24 bits per heavy atom. The van der Waals surface area contributed by atoms with E-state index in [0.717, 1.165) is 6.42 Å². The second kappa shape index (κ2) is 6.55. The fourth-order valence-corrected chi connectivity index (χ4v) is 4.51. The highest BCUT2D eigenvalue weighted by molar-refractivity contribution is 5.94. The number of piperidine rings is 1. The number of nitrogens with zero attached hydrogens (tertiary/aromatic N) is 2. The fourth-order valence-electron chi connectivity index (χ4n) is 4.51. The second-order valence-corrected chi connectivity index (χ2v) is 7.09. The van der Waals surface area contributed by atoms with Crippen molar-refractivity contribution in [2.75, 3.05) is 40.1 Å². The van der Waals surface area contributed by atoms with Gasteiger partial charge in [-0.05, 0) is 12.5 Å². The summed E-state index contributed by atoms with van der Waals surface area (Å²) < 4.78 is 16.4. The van der Waals surface area contributed by atoms with E-state index < -0.39 is 5.60 Å². The van der Waals surface area contributed by atoms with E-state index in [4.69, 9.17) is 14.2 Å². The smallest absolute Gasteiger partial charge is 0.254 e. The molecule has 1 N–H and O–H groups in total. The van der Waals surface area contributed by atoms with Gasteiger partial charge in [0.15, 0.2) is 0 Å². The highest BCUT2D eigenvalue weighted by Gasteiger charge is 2.56. The van der Waals surface area contributed by atoms with Crippen LogP contribution in [0.1, 0.15) is 23.2 Å². The maximum absolute atomic E-state index is 13.2. The van der Waals surface area contributed by atoms with E-state index in [1.165, 1.54) is 7.11 Å². The largest absolute Gasteiger partial charge is 0.481 e. The molecule has 3 aliphatic heterocycles. The predicted octanol–water partition coefficient (Wildman–Crippen LogP) is 0.719. The monoisotopic (exact) mass is 348 g/mol. The summed E-state index contributed by atoms with van der Waals surface area (Å²) in [7, 11) is 1.53. The third-order valence-corrected chi connectivity index (χ3v) is 5.90. The van der Waals surface area contributed by atoms with E-state index in [-0.39, 0.29) is 23.8 Å². The van der Waals surface area contributed by atoms with Crippen LogP contribution in [0.4, 0.5) is 0 Å². The van der Waals surface area contributed by atoms with Crippen LogP contribution in [0.15, 0.2) is 18.3 Å². The van der Waals surface area contributed by atoms with Gasteiger partial charge >= 0.3 is 0 Å². The van der Waals surface area contributed by atoms with Crippen LogP contribution in [0.25, 0.3) is 0 Å². The zero-order chi connectivity index (χ0) is 17.4. The van der Waals surface area contributed by atoms with Crippen LogP contribution < -0.4 is 4.74 Å². The molecule has 0 bridgehead atoms. The molecular weight excluding hydrogens is 324 g/mol. The summed E-state index contributed by atoms with van der Waals surface area (Å²) in [4.78, 5) is 19.2. The molecule has 3 saturated heterocycles. The molecule has 1 amide bonds. The summed E-state index contributed by atoms with van der Waals surface area (Å²) in [5.74, 6) is 0.211. The molecule has 4 atom stereocenters. The van der Waals surface area contributed by atoms with Crippen molar-refractivity contribution >= 4 is 5.91 Å². The maximum atomic E-state index is 13.2. The fraction of sp³-hybridized carbons (Fsp3) is 0.667. The Hall–Kier alpha value is -1.70. The van der Waals surface area contributed by atoms with E-state index in [2.05, 4.69) is 4.98 Å². The van der Waals surface area contributed by atoms with Crippen molar-refractivity contribution in [3.05, 3.63) is 23.9 Å². The minimum absolute atomic E-state index is 0.0141. The molecule has 3 fully saturated rings. The first-order valence-corrected chi connectivity index (χ1v) is 8.82. The highest BCUT2D eigenvalue weighted by atomic mass is 16.5. The Kier molecular flexibility index (Phi) is 4.39. The number of methoxy groups -OCH3 is 1. The first-order valence-electron chi connectivity index (χ1n) is 8.82. The first-order chi connectivity index (χ1) is 12.1. The molecule has 7 heteroatoms. The van der Waals surface area contributed by atoms with Crippen molar-refractivity contribution in [2.45, 2.75) is 24.5 Å². The lowest BCUT2D eigenvalue weighted by molar-refractivity contribution is -0.212. The first kappa shape index (κ1) is 16.8. The number of aliphatic hydroxyl groups is 1. The number of aromatic nitrogens is 1. The molecule has 4 heterocycles. The summed E-state index contributed by atoms with van der Waals surface area (Å²) >= 11 is 0. The van der Waals surface area contributed by atoms with Gasteiger partial charge in [0.1, 0.15) is 0 Å². The molecule has 1 aromatic heterocycles. The minimum Gasteiger partial charge on any atom is -0.481 e. The van der Waals surface area contributed by atoms with Gasteiger partial charge in [0.25, 0.3) is 5.91 Å². The lowest BCUT2D eigenvalue weighted by atomic mass is 9.66. The summed E-state index contributed by atoms with van der Waals surface area (Å²) in [5, 5.41) is 11.3. The Morgan fingerprint density at radius 3 is 3.08 bits per heavy atom. The van der Waals surface area contributed by atoms with Gasteiger partial charge in [-0.1, -0.05) is 0 Å². The number of hydrogen-bond acceptors (Lipinski definition) is 6. The molecule has 1 aromatic rings. The quantitative estimate of drug-likeness (QED) is 0.848. The van der Waals surface area contributed by atoms with Gasteiger partial charge in [-0.3, -0.25) is 4.79 Å². The lowest BCUT2D eigenvalue weighted by Gasteiger charge is -2.57. The lowest BCUT2D eigenvalue weighted by Crippen LogP contribution is -2.68. The van der Waals surface area contributed by atoms with Crippen molar-refractivity contribution in [1.29, 1.82) is 0 Å². The summed E-state index contributed by atoms with van der Waals surface area (Å²) in [6, 6.07) is 3.35. The number of amides is 1. The number of fused-ring (bicyclic) bond motifs is 3. The minimum atomic E-state index is -0.809. The summed E-state index contributed by atoms with van der Waals surface area (Å²) in [5.41, 5.74) is -0.255. The molecule has 0 radical (unpaired) electrons. The van der Waals surface area contributed by atoms with Crippen molar-refractivity contribution in [3.63, 3.8) is 0 Å². The van der Waals surface area contributed by atoms with Crippen LogP contribution >= 0.6 is 0 Å². The van der Waals surface area contributed by atoms with Crippen LogP contribution in [0.5, 0.6) is 5.88 Å². The summed E-state index contributed by atoms with van der Waals surface area (Å²) in [6.45, 7) is 2.64. The topological polar surface area (TPSA) is 81.1 Å². The number of hydrogen-bond donors (Lipinski definition) is 1. The highest BCUT2D eigenvalue weighted by Crippen LogP contribution is 2.44. The van der Waals surface area contributed by atoms with Crippen molar-refractivity contribution in [2.24, 2.45) is 11.8 Å². The molecule has 0 unspecified atom stereocenters. The second-order valence-electron chi connectivity index (χ2n) is 7.09. The van der Waals surface area contributed by atoms with Crippen LogP contribution in [0.3, 0.4) is 0 Å². The third kappa shape index (κ3) is 2.80. The Morgan fingerprint density at radius 1 is 1.40 bits per heavy atom. The van der Waals surface area contributed by atoms with Gasteiger partial charge in [0.2, 0.25) is 5.88 Å². The van der Waals surface area contributed by atoms with Crippen LogP contribution in [-0.4, -0.2) is 72.6 Å². The normalized spacial score (nSPS) is 34.8. The number of carbonyl (C=O) groups excluding carboxylic acids is 1. The molecule has 3 aliphatic rings. The number of likely N-dealkylation sites (tertiary alicyclic amines) is 1. The van der Waals surface area contributed by atoms with Crippen molar-refractivity contribution < 1.29 is 24.1 Å². The van der Waals surface area contributed by atoms with E-state index in [1.807, 2.05) is 4.90 Å². The predicted molar refractivity (Wildman–Crippen MR) is 88.4 cm³/mol. The van der Waals surface area contributed by atoms with E-state index in [9.17, 15) is 9.90 Å². The van der Waals surface area contributed by atoms with Gasteiger partial charge in [-0.15, -0.1) is 0 Å². The standard InChI is InChI=1S/C18H24N2O5/c1-23-16-8-12(2-5-19-16)17(21)20-9-13-10-25-7-4-18(13,22)14-11-24-6-3-15(14)20/h2,5,8,13-15,22H,3-4,6-7,9-11H2,1H3/t13-,14+,15+,18-/m0/s1. The maximum Gasteiger partial charge on any atom is 0.254 e. The zero-order valence-corrected chi connectivity index (χ0v) is 14.4. The van der Waals surface area contributed by atoms with Crippen LogP contribution in [0, 0.1) is 11.8 Å². The SMILES string of the molecule is COc1cc(C(=O)N2C[C@H]3COCC[C@@]3(O)[C@@H]3COCC[C@H]32)ccn1. The Bertz CT molecular complexity index is 654. The van der Waals surface area contributed by atoms with Crippen molar-refractivity contribution in [3.8, 4) is 5.88 Å². The van der Waals surface area contributed by atoms with Gasteiger partial charge in [0.05, 0.1) is 25.9 Å². The summed E-state index contributed by atoms with van der Waals surface area (Å²) in [6.07, 6.45) is 2.93. The van der Waals surface area contributed by atoms with Gasteiger partial charge in [-0.25, -0.2) is 4.98 Å². The molecule has 0 spiro atoms. The molecule has 0 aromatic carbocycles. The molecule has 0 aliphatic carbocycles. The molecule has 4 rings (SSSR count). The zero-order valence-electron chi connectivity index (χ0n) is 14.4. The van der Waals surface area contributed by atoms with Crippen LogP contribution in [-0.2, 0) is 9.47 Å². The van der Waals surface area contributed by atoms with Crippen molar-refractivity contribution in [1.82, 2.24) is 9.88 Å². The molecule has 7 nitrogen and oxygen atoms in total. The van der Waals surface area contributed by atoms with E-state index in [0.29, 0.717) is 50.8 Å². The Balaban J connectivity index is 1.65. The van der Waals surface area contributed by atoms with E-state index >= 15 is 0 Å². The van der Waals surface area contributed by atoms with Gasteiger partial charge < -0.3 is 24.2 Å². The number of rotatable bonds is 2. The average molecular weight is 348 g/mol. The number of ether oxygens (including phenoxy) is 3. The number of carbonyl (C=O) groups is 1. The Labute approximate surface area is 146 Å². The average Bonchev–Trinajstić information content (AvgIpc) is 2.67.